The van der Waals surface area contributed by atoms with Crippen LogP contribution in [0.1, 0.15) is 56.7 Å². The van der Waals surface area contributed by atoms with Gasteiger partial charge in [-0.15, -0.1) is 0 Å². The topological polar surface area (TPSA) is 25.8 Å². The lowest BCUT2D eigenvalue weighted by Crippen LogP contribution is -2.09. The molecule has 5 aromatic carbocycles. The number of allylic oxidation sites excluding steroid dienone is 8. The van der Waals surface area contributed by atoms with Crippen molar-refractivity contribution in [1.82, 2.24) is 9.97 Å². The van der Waals surface area contributed by atoms with Crippen LogP contribution in [0.4, 0.5) is 0 Å². The predicted octanol–water partition coefficient (Wildman–Crippen LogP) is 13.6. The maximum absolute atomic E-state index is 5.14. The number of hydrogen-bond acceptors (Lipinski definition) is 2. The molecule has 2 atom stereocenters. The maximum Gasteiger partial charge on any atom is 0.160 e. The van der Waals surface area contributed by atoms with Gasteiger partial charge in [0, 0.05) is 17.0 Å². The van der Waals surface area contributed by atoms with Crippen LogP contribution in [0.25, 0.3) is 61.6 Å². The zero-order valence-corrected chi connectivity index (χ0v) is 30.0. The molecule has 0 spiro atoms. The maximum atomic E-state index is 5.14. The number of rotatable bonds is 8. The third-order valence-electron chi connectivity index (χ3n) is 10.8. The number of nitrogens with zero attached hydrogens (tertiary/aromatic N) is 2. The van der Waals surface area contributed by atoms with Gasteiger partial charge in [0.15, 0.2) is 5.82 Å². The van der Waals surface area contributed by atoms with Gasteiger partial charge in [0.1, 0.15) is 0 Å². The Morgan fingerprint density at radius 3 is 1.75 bits per heavy atom. The first-order valence-corrected chi connectivity index (χ1v) is 18.6. The van der Waals surface area contributed by atoms with E-state index in [9.17, 15) is 0 Å². The molecule has 2 unspecified atom stereocenters. The molecule has 0 saturated carbocycles. The molecule has 0 fully saturated rings. The molecule has 2 nitrogen and oxygen atoms in total. The second kappa shape index (κ2) is 14.8. The summed E-state index contributed by atoms with van der Waals surface area (Å²) in [4.78, 5) is 10.2. The van der Waals surface area contributed by atoms with E-state index in [-0.39, 0.29) is 11.3 Å². The second-order valence-corrected chi connectivity index (χ2v) is 14.4. The van der Waals surface area contributed by atoms with Crippen LogP contribution in [0.5, 0.6) is 0 Å². The zero-order valence-electron chi connectivity index (χ0n) is 30.0. The van der Waals surface area contributed by atoms with Crippen LogP contribution < -0.4 is 0 Å². The second-order valence-electron chi connectivity index (χ2n) is 14.4. The molecule has 6 aromatic rings. The molecule has 52 heavy (non-hydrogen) atoms. The van der Waals surface area contributed by atoms with E-state index in [1.54, 1.807) is 0 Å². The largest absolute Gasteiger partial charge is 0.232 e. The summed E-state index contributed by atoms with van der Waals surface area (Å²) >= 11 is 0. The fraction of sp³-hybridized carbons (Fsp3) is 0.160. The van der Waals surface area contributed by atoms with E-state index >= 15 is 0 Å². The highest BCUT2D eigenvalue weighted by Gasteiger charge is 2.20. The summed E-state index contributed by atoms with van der Waals surface area (Å²) in [6.07, 6.45) is 20.2. The average molecular weight is 673 g/mol. The van der Waals surface area contributed by atoms with Gasteiger partial charge >= 0.3 is 0 Å². The Bertz CT molecular complexity index is 2340. The van der Waals surface area contributed by atoms with Crippen molar-refractivity contribution in [3.8, 4) is 56.0 Å². The van der Waals surface area contributed by atoms with Crippen molar-refractivity contribution in [2.45, 2.75) is 45.4 Å². The highest BCUT2D eigenvalue weighted by atomic mass is 14.9. The molecule has 0 amide bonds. The van der Waals surface area contributed by atoms with Crippen molar-refractivity contribution in [1.29, 1.82) is 0 Å². The molecule has 2 heteroatoms. The van der Waals surface area contributed by atoms with Gasteiger partial charge < -0.3 is 0 Å². The SMILES string of the molecule is CCC1(C)C=CC(c2cccc(-c3cccc(-c4cccc(-c5cccc(-c6nc(-c7ccccc7)cc(C7C=CC=CC7)n6)c5)c4)c3)c2)=CCC1. The van der Waals surface area contributed by atoms with Gasteiger partial charge in [-0.05, 0) is 106 Å². The fourth-order valence-electron chi connectivity index (χ4n) is 7.32. The Kier molecular flexibility index (Phi) is 9.46. The van der Waals surface area contributed by atoms with Crippen LogP contribution in [0.2, 0.25) is 0 Å². The van der Waals surface area contributed by atoms with E-state index in [0.717, 1.165) is 52.3 Å². The van der Waals surface area contributed by atoms with E-state index in [1.807, 2.05) is 6.07 Å². The summed E-state index contributed by atoms with van der Waals surface area (Å²) < 4.78 is 0. The normalized spacial score (nSPS) is 18.2. The first-order chi connectivity index (χ1) is 25.5. The summed E-state index contributed by atoms with van der Waals surface area (Å²) in [5.74, 6) is 0.983. The van der Waals surface area contributed by atoms with Crippen molar-refractivity contribution in [2.75, 3.05) is 0 Å². The Hall–Kier alpha value is -5.86. The van der Waals surface area contributed by atoms with Crippen molar-refractivity contribution in [3.63, 3.8) is 0 Å². The third kappa shape index (κ3) is 7.29. The Balaban J connectivity index is 1.10. The molecule has 0 radical (unpaired) electrons. The lowest BCUT2D eigenvalue weighted by atomic mass is 9.83. The molecule has 0 saturated heterocycles. The quantitative estimate of drug-likeness (QED) is 0.161. The van der Waals surface area contributed by atoms with E-state index < -0.39 is 0 Å². The minimum Gasteiger partial charge on any atom is -0.232 e. The van der Waals surface area contributed by atoms with Crippen LogP contribution in [0.3, 0.4) is 0 Å². The van der Waals surface area contributed by atoms with Crippen molar-refractivity contribution in [2.24, 2.45) is 5.41 Å². The molecular weight excluding hydrogens is 629 g/mol. The summed E-state index contributed by atoms with van der Waals surface area (Å²) in [6.45, 7) is 4.66. The molecular formula is C50H44N2. The van der Waals surface area contributed by atoms with Crippen molar-refractivity contribution >= 4 is 5.57 Å². The highest BCUT2D eigenvalue weighted by molar-refractivity contribution is 5.81. The Labute approximate surface area is 308 Å². The number of benzene rings is 5. The lowest BCUT2D eigenvalue weighted by Gasteiger charge is -2.22. The molecule has 2 aliphatic rings. The number of hydrogen-bond donors (Lipinski definition) is 0. The van der Waals surface area contributed by atoms with Gasteiger partial charge in [0.2, 0.25) is 0 Å². The van der Waals surface area contributed by atoms with Gasteiger partial charge in [-0.1, -0.05) is 160 Å². The minimum absolute atomic E-state index is 0.232. The summed E-state index contributed by atoms with van der Waals surface area (Å²) in [5, 5.41) is 0. The summed E-state index contributed by atoms with van der Waals surface area (Å²) in [7, 11) is 0. The van der Waals surface area contributed by atoms with Crippen molar-refractivity contribution in [3.05, 3.63) is 187 Å². The standard InChI is InChI=1S/C50H44N2/c1-3-50(2)29-14-27-36(28-30-50)39-19-10-20-40(31-39)41-21-11-22-42(32-41)43-23-12-24-44(33-43)45-25-13-26-46(34-45)49-51-47(37-15-6-4-7-16-37)35-48(52-49)38-17-8-5-9-18-38/h4-13,15-17,19-28,30-35,38H,3,14,18,29H2,1-2H3. The summed E-state index contributed by atoms with van der Waals surface area (Å²) in [6, 6.07) is 48.0. The number of aromatic nitrogens is 2. The first kappa shape index (κ1) is 33.3. The van der Waals surface area contributed by atoms with Gasteiger partial charge in [0.25, 0.3) is 0 Å². The van der Waals surface area contributed by atoms with Crippen LogP contribution >= 0.6 is 0 Å². The molecule has 0 bridgehead atoms. The monoisotopic (exact) mass is 672 g/mol. The van der Waals surface area contributed by atoms with Crippen LogP contribution in [-0.4, -0.2) is 9.97 Å². The van der Waals surface area contributed by atoms with Crippen LogP contribution in [0, 0.1) is 5.41 Å². The molecule has 1 heterocycles. The molecule has 0 aliphatic heterocycles. The van der Waals surface area contributed by atoms with Gasteiger partial charge in [-0.3, -0.25) is 0 Å². The predicted molar refractivity (Wildman–Crippen MR) is 220 cm³/mol. The van der Waals surface area contributed by atoms with Gasteiger partial charge in [-0.2, -0.15) is 0 Å². The fourth-order valence-corrected chi connectivity index (χ4v) is 7.32. The molecule has 1 aromatic heterocycles. The zero-order chi connectivity index (χ0) is 35.3. The molecule has 254 valence electrons. The lowest BCUT2D eigenvalue weighted by molar-refractivity contribution is 0.382. The van der Waals surface area contributed by atoms with Gasteiger partial charge in [0.05, 0.1) is 11.4 Å². The molecule has 8 rings (SSSR count). The average Bonchev–Trinajstić information content (AvgIpc) is 3.43. The smallest absolute Gasteiger partial charge is 0.160 e. The Morgan fingerprint density at radius 2 is 1.15 bits per heavy atom. The first-order valence-electron chi connectivity index (χ1n) is 18.6. The minimum atomic E-state index is 0.232. The van der Waals surface area contributed by atoms with Gasteiger partial charge in [-0.25, -0.2) is 9.97 Å². The van der Waals surface area contributed by atoms with E-state index in [4.69, 9.17) is 9.97 Å². The van der Waals surface area contributed by atoms with E-state index in [1.165, 1.54) is 46.2 Å². The van der Waals surface area contributed by atoms with Crippen molar-refractivity contribution < 1.29 is 0 Å². The highest BCUT2D eigenvalue weighted by Crippen LogP contribution is 2.37. The van der Waals surface area contributed by atoms with Crippen LogP contribution in [-0.2, 0) is 0 Å². The Morgan fingerprint density at radius 1 is 0.596 bits per heavy atom. The molecule has 0 N–H and O–H groups in total. The molecule has 2 aliphatic carbocycles. The van der Waals surface area contributed by atoms with E-state index in [0.29, 0.717) is 0 Å². The van der Waals surface area contributed by atoms with Crippen LogP contribution in [0.15, 0.2) is 176 Å². The third-order valence-corrected chi connectivity index (χ3v) is 10.8. The van der Waals surface area contributed by atoms with E-state index in [2.05, 4.69) is 184 Å². The summed E-state index contributed by atoms with van der Waals surface area (Å²) in [5.41, 5.74) is 14.1.